The van der Waals surface area contributed by atoms with Crippen LogP contribution in [0.5, 0.6) is 17.2 Å². The van der Waals surface area contributed by atoms with Gasteiger partial charge in [0, 0.05) is 50.9 Å². The summed E-state index contributed by atoms with van der Waals surface area (Å²) in [6.45, 7) is 7.68. The normalized spacial score (nSPS) is 22.1. The highest BCUT2D eigenvalue weighted by atomic mass is 16.6. The number of β-amino-alcohol motifs (C(OH)–C–C–N with tert-alkyl or cyclic N) is 1. The van der Waals surface area contributed by atoms with Crippen molar-refractivity contribution in [2.45, 2.75) is 25.6 Å². The third kappa shape index (κ3) is 3.87. The molecule has 0 bridgehead atoms. The zero-order valence-corrected chi connectivity index (χ0v) is 16.8. The molecule has 6 nitrogen and oxygen atoms in total. The smallest absolute Gasteiger partial charge is 0.163 e. The van der Waals surface area contributed by atoms with E-state index < -0.39 is 6.10 Å². The fraction of sp³-hybridized carbons (Fsp3) is 0.478. The van der Waals surface area contributed by atoms with E-state index in [1.807, 2.05) is 18.2 Å². The zero-order chi connectivity index (χ0) is 19.8. The first-order valence-electron chi connectivity index (χ1n) is 10.5. The van der Waals surface area contributed by atoms with Gasteiger partial charge in [0.2, 0.25) is 0 Å². The molecule has 29 heavy (non-hydrogen) atoms. The Morgan fingerprint density at radius 3 is 2.55 bits per heavy atom. The van der Waals surface area contributed by atoms with Crippen molar-refractivity contribution in [1.82, 2.24) is 4.90 Å². The summed E-state index contributed by atoms with van der Waals surface area (Å²) in [7, 11) is 0. The van der Waals surface area contributed by atoms with Crippen LogP contribution in [0.4, 0.5) is 5.69 Å². The average Bonchev–Trinajstić information content (AvgIpc) is 3.13. The lowest BCUT2D eigenvalue weighted by Gasteiger charge is -2.37. The van der Waals surface area contributed by atoms with E-state index >= 15 is 0 Å². The van der Waals surface area contributed by atoms with E-state index in [0.717, 1.165) is 55.4 Å². The molecule has 0 unspecified atom stereocenters. The Morgan fingerprint density at radius 2 is 1.72 bits per heavy atom. The zero-order valence-electron chi connectivity index (χ0n) is 16.8. The van der Waals surface area contributed by atoms with Gasteiger partial charge in [0.15, 0.2) is 11.5 Å². The second kappa shape index (κ2) is 7.76. The predicted molar refractivity (Wildman–Crippen MR) is 111 cm³/mol. The molecule has 2 atom stereocenters. The van der Waals surface area contributed by atoms with Gasteiger partial charge in [-0.2, -0.15) is 0 Å². The summed E-state index contributed by atoms with van der Waals surface area (Å²) < 4.78 is 17.1. The van der Waals surface area contributed by atoms with Gasteiger partial charge in [-0.05, 0) is 42.3 Å². The van der Waals surface area contributed by atoms with Crippen LogP contribution in [0.3, 0.4) is 0 Å². The van der Waals surface area contributed by atoms with Crippen molar-refractivity contribution >= 4 is 5.69 Å². The van der Waals surface area contributed by atoms with Gasteiger partial charge in [0.1, 0.15) is 25.1 Å². The molecule has 0 radical (unpaired) electrons. The van der Waals surface area contributed by atoms with Gasteiger partial charge >= 0.3 is 0 Å². The lowest BCUT2D eigenvalue weighted by Crippen LogP contribution is -2.47. The van der Waals surface area contributed by atoms with Crippen molar-refractivity contribution in [2.24, 2.45) is 0 Å². The lowest BCUT2D eigenvalue weighted by atomic mass is 10.0. The minimum atomic E-state index is -0.475. The van der Waals surface area contributed by atoms with Crippen LogP contribution in [-0.4, -0.2) is 62.0 Å². The first-order valence-corrected chi connectivity index (χ1v) is 10.5. The van der Waals surface area contributed by atoms with Gasteiger partial charge in [0.25, 0.3) is 0 Å². The average molecular weight is 396 g/mol. The summed E-state index contributed by atoms with van der Waals surface area (Å²) >= 11 is 0. The molecular weight excluding hydrogens is 368 g/mol. The molecule has 3 aliphatic rings. The Bertz CT molecular complexity index is 879. The SMILES string of the molecule is C[C@@H]1Cc2cc([C@@H](O)CN3CCN(c4ccc5c(c4)OCCO5)CC3)ccc2O1. The van der Waals surface area contributed by atoms with E-state index in [1.165, 1.54) is 11.3 Å². The first kappa shape index (κ1) is 18.6. The molecule has 0 amide bonds. The number of anilines is 1. The van der Waals surface area contributed by atoms with Crippen LogP contribution < -0.4 is 19.1 Å². The number of benzene rings is 2. The molecule has 2 aromatic rings. The van der Waals surface area contributed by atoms with Gasteiger partial charge in [0.05, 0.1) is 6.10 Å². The number of aliphatic hydroxyl groups excluding tert-OH is 1. The van der Waals surface area contributed by atoms with Crippen LogP contribution in [0.15, 0.2) is 36.4 Å². The molecule has 3 aliphatic heterocycles. The molecule has 154 valence electrons. The third-order valence-electron chi connectivity index (χ3n) is 6.00. The number of ether oxygens (including phenoxy) is 3. The van der Waals surface area contributed by atoms with E-state index in [1.54, 1.807) is 0 Å². The Morgan fingerprint density at radius 1 is 0.966 bits per heavy atom. The van der Waals surface area contributed by atoms with Crippen molar-refractivity contribution < 1.29 is 19.3 Å². The largest absolute Gasteiger partial charge is 0.490 e. The maximum atomic E-state index is 10.8. The van der Waals surface area contributed by atoms with Crippen LogP contribution in [0, 0.1) is 0 Å². The number of aliphatic hydroxyl groups is 1. The molecular formula is C23H28N2O4. The summed E-state index contributed by atoms with van der Waals surface area (Å²) in [5, 5.41) is 10.8. The Hall–Kier alpha value is -2.44. The van der Waals surface area contributed by atoms with Crippen molar-refractivity contribution in [2.75, 3.05) is 50.8 Å². The van der Waals surface area contributed by atoms with Crippen LogP contribution in [0.1, 0.15) is 24.2 Å². The lowest BCUT2D eigenvalue weighted by molar-refractivity contribution is 0.109. The molecule has 3 heterocycles. The summed E-state index contributed by atoms with van der Waals surface area (Å²) in [4.78, 5) is 4.71. The Labute approximate surface area is 171 Å². The van der Waals surface area contributed by atoms with Crippen molar-refractivity contribution in [3.63, 3.8) is 0 Å². The highest BCUT2D eigenvalue weighted by Gasteiger charge is 2.24. The van der Waals surface area contributed by atoms with Crippen LogP contribution >= 0.6 is 0 Å². The molecule has 1 N–H and O–H groups in total. The summed E-state index contributed by atoms with van der Waals surface area (Å²) in [6, 6.07) is 12.3. The van der Waals surface area contributed by atoms with E-state index in [-0.39, 0.29) is 6.10 Å². The minimum Gasteiger partial charge on any atom is -0.490 e. The van der Waals surface area contributed by atoms with Crippen molar-refractivity contribution in [3.8, 4) is 17.2 Å². The predicted octanol–water partition coefficient (Wildman–Crippen LogP) is 2.64. The first-order chi connectivity index (χ1) is 14.2. The van der Waals surface area contributed by atoms with Gasteiger partial charge in [-0.25, -0.2) is 0 Å². The number of hydrogen-bond acceptors (Lipinski definition) is 6. The van der Waals surface area contributed by atoms with Gasteiger partial charge < -0.3 is 24.2 Å². The molecule has 0 spiro atoms. The van der Waals surface area contributed by atoms with Crippen molar-refractivity contribution in [3.05, 3.63) is 47.5 Å². The third-order valence-corrected chi connectivity index (χ3v) is 6.00. The van der Waals surface area contributed by atoms with E-state index in [2.05, 4.69) is 34.9 Å². The summed E-state index contributed by atoms with van der Waals surface area (Å²) in [6.07, 6.45) is 0.674. The fourth-order valence-corrected chi connectivity index (χ4v) is 4.42. The van der Waals surface area contributed by atoms with Crippen LogP contribution in [0.2, 0.25) is 0 Å². The Kier molecular flexibility index (Phi) is 4.97. The second-order valence-corrected chi connectivity index (χ2v) is 8.13. The highest BCUT2D eigenvalue weighted by molar-refractivity contribution is 5.57. The summed E-state index contributed by atoms with van der Waals surface area (Å²) in [5.74, 6) is 2.62. The Balaban J connectivity index is 1.18. The van der Waals surface area contributed by atoms with Gasteiger partial charge in [-0.3, -0.25) is 4.90 Å². The molecule has 5 rings (SSSR count). The number of fused-ring (bicyclic) bond motifs is 2. The quantitative estimate of drug-likeness (QED) is 0.858. The number of piperazine rings is 1. The molecule has 0 aliphatic carbocycles. The van der Waals surface area contributed by atoms with Gasteiger partial charge in [-0.1, -0.05) is 6.07 Å². The fourth-order valence-electron chi connectivity index (χ4n) is 4.42. The molecule has 2 aromatic carbocycles. The standard InChI is InChI=1S/C23H28N2O4/c1-16-12-18-13-17(2-4-21(18)29-16)20(26)15-24-6-8-25(9-7-24)19-3-5-22-23(14-19)28-11-10-27-22/h2-5,13-14,16,20,26H,6-12,15H2,1H3/t16-,20+/m1/s1. The maximum Gasteiger partial charge on any atom is 0.163 e. The molecule has 6 heteroatoms. The van der Waals surface area contributed by atoms with Crippen molar-refractivity contribution in [1.29, 1.82) is 0 Å². The molecule has 1 saturated heterocycles. The molecule has 1 fully saturated rings. The topological polar surface area (TPSA) is 54.4 Å². The maximum absolute atomic E-state index is 10.8. The van der Waals surface area contributed by atoms with Crippen LogP contribution in [0.25, 0.3) is 0 Å². The molecule has 0 saturated carbocycles. The highest BCUT2D eigenvalue weighted by Crippen LogP contribution is 2.34. The van der Waals surface area contributed by atoms with E-state index in [4.69, 9.17) is 14.2 Å². The van der Waals surface area contributed by atoms with E-state index in [9.17, 15) is 5.11 Å². The van der Waals surface area contributed by atoms with E-state index in [0.29, 0.717) is 19.8 Å². The number of rotatable bonds is 4. The van der Waals surface area contributed by atoms with Gasteiger partial charge in [-0.15, -0.1) is 0 Å². The number of nitrogens with zero attached hydrogens (tertiary/aromatic N) is 2. The monoisotopic (exact) mass is 396 g/mol. The van der Waals surface area contributed by atoms with Crippen LogP contribution in [-0.2, 0) is 6.42 Å². The molecule has 0 aromatic heterocycles. The summed E-state index contributed by atoms with van der Waals surface area (Å²) in [5.41, 5.74) is 3.36. The second-order valence-electron chi connectivity index (χ2n) is 8.13. The number of hydrogen-bond donors (Lipinski definition) is 1. The minimum absolute atomic E-state index is 0.228.